The molecule has 0 aliphatic heterocycles. The minimum absolute atomic E-state index is 0.410. The maximum Gasteiger partial charge on any atom is 0.124 e. The summed E-state index contributed by atoms with van der Waals surface area (Å²) in [5.74, 6) is 1.09. The Morgan fingerprint density at radius 3 is 2.29 bits per heavy atom. The van der Waals surface area contributed by atoms with Gasteiger partial charge in [0.25, 0.3) is 0 Å². The van der Waals surface area contributed by atoms with Gasteiger partial charge in [-0.15, -0.1) is 0 Å². The van der Waals surface area contributed by atoms with Gasteiger partial charge in [-0.2, -0.15) is 0 Å². The third kappa shape index (κ3) is 3.20. The van der Waals surface area contributed by atoms with Crippen LogP contribution in [0.5, 0.6) is 5.75 Å². The molecule has 3 N–H and O–H groups in total. The van der Waals surface area contributed by atoms with E-state index < -0.39 is 11.6 Å². The molecule has 0 amide bonds. The lowest BCUT2D eigenvalue weighted by atomic mass is 9.89. The van der Waals surface area contributed by atoms with Gasteiger partial charge < -0.3 is 15.6 Å². The lowest BCUT2D eigenvalue weighted by molar-refractivity contribution is 0.102. The van der Waals surface area contributed by atoms with E-state index in [2.05, 4.69) is 13.8 Å². The van der Waals surface area contributed by atoms with Crippen molar-refractivity contribution in [2.24, 2.45) is 5.73 Å². The summed E-state index contributed by atoms with van der Waals surface area (Å²) >= 11 is 0. The van der Waals surface area contributed by atoms with Crippen LogP contribution < -0.4 is 10.5 Å². The molecule has 1 atom stereocenters. The third-order valence-corrected chi connectivity index (χ3v) is 2.92. The molecule has 0 fully saturated rings. The van der Waals surface area contributed by atoms with Crippen molar-refractivity contribution >= 4 is 0 Å². The highest BCUT2D eigenvalue weighted by Gasteiger charge is 2.27. The Bertz CT molecular complexity index is 380. The highest BCUT2D eigenvalue weighted by atomic mass is 16.5. The monoisotopic (exact) mass is 237 g/mol. The van der Waals surface area contributed by atoms with Gasteiger partial charge in [0.1, 0.15) is 5.75 Å². The van der Waals surface area contributed by atoms with Crippen LogP contribution in [-0.4, -0.2) is 17.8 Å². The number of aliphatic hydroxyl groups excluding tert-OH is 1. The smallest absolute Gasteiger partial charge is 0.124 e. The summed E-state index contributed by atoms with van der Waals surface area (Å²) in [5, 5.41) is 10.3. The van der Waals surface area contributed by atoms with Gasteiger partial charge in [0, 0.05) is 11.1 Å². The molecule has 1 unspecified atom stereocenters. The molecule has 1 aromatic carbocycles. The number of ether oxygens (including phenoxy) is 1. The summed E-state index contributed by atoms with van der Waals surface area (Å²) in [6.07, 6.45) is -0.740. The SMILES string of the molecule is COc1ccc(C(C)C)cc1C(O)C(C)(C)N. The Morgan fingerprint density at radius 2 is 1.88 bits per heavy atom. The van der Waals surface area contributed by atoms with Gasteiger partial charge in [0.05, 0.1) is 13.2 Å². The molecule has 0 spiro atoms. The van der Waals surface area contributed by atoms with E-state index in [0.717, 1.165) is 5.56 Å². The maximum atomic E-state index is 10.3. The van der Waals surface area contributed by atoms with Gasteiger partial charge in [-0.1, -0.05) is 19.9 Å². The molecule has 0 bridgehead atoms. The molecular formula is C14H23NO2. The fourth-order valence-electron chi connectivity index (χ4n) is 1.73. The Hall–Kier alpha value is -1.06. The first-order valence-corrected chi connectivity index (χ1v) is 5.92. The first-order chi connectivity index (χ1) is 7.77. The van der Waals surface area contributed by atoms with Crippen LogP contribution in [0.1, 0.15) is 50.8 Å². The van der Waals surface area contributed by atoms with Gasteiger partial charge >= 0.3 is 0 Å². The molecule has 0 saturated heterocycles. The molecule has 0 heterocycles. The minimum Gasteiger partial charge on any atom is -0.496 e. The van der Waals surface area contributed by atoms with Crippen molar-refractivity contribution < 1.29 is 9.84 Å². The summed E-state index contributed by atoms with van der Waals surface area (Å²) in [5.41, 5.74) is 7.19. The number of hydrogen-bond acceptors (Lipinski definition) is 3. The first-order valence-electron chi connectivity index (χ1n) is 5.92. The first kappa shape index (κ1) is 14.0. The van der Waals surface area contributed by atoms with Crippen LogP contribution in [0.3, 0.4) is 0 Å². The number of benzene rings is 1. The van der Waals surface area contributed by atoms with Gasteiger partial charge in [0.15, 0.2) is 0 Å². The zero-order chi connectivity index (χ0) is 13.2. The quantitative estimate of drug-likeness (QED) is 0.846. The van der Waals surface area contributed by atoms with Crippen LogP contribution >= 0.6 is 0 Å². The molecule has 0 aromatic heterocycles. The predicted molar refractivity (Wildman–Crippen MR) is 70.3 cm³/mol. The maximum absolute atomic E-state index is 10.3. The standard InChI is InChI=1S/C14H23NO2/c1-9(2)10-6-7-12(17-5)11(8-10)13(16)14(3,4)15/h6-9,13,16H,15H2,1-5H3. The number of nitrogens with two attached hydrogens (primary N) is 1. The second kappa shape index (κ2) is 5.07. The predicted octanol–water partition coefficient (Wildman–Crippen LogP) is 2.59. The van der Waals surface area contributed by atoms with Crippen LogP contribution in [-0.2, 0) is 0 Å². The van der Waals surface area contributed by atoms with Gasteiger partial charge in [-0.3, -0.25) is 0 Å². The van der Waals surface area contributed by atoms with Crippen LogP contribution in [0.4, 0.5) is 0 Å². The minimum atomic E-state index is -0.740. The van der Waals surface area contributed by atoms with Gasteiger partial charge in [-0.25, -0.2) is 0 Å². The number of rotatable bonds is 4. The van der Waals surface area contributed by atoms with Crippen molar-refractivity contribution in [3.63, 3.8) is 0 Å². The van der Waals surface area contributed by atoms with E-state index in [4.69, 9.17) is 10.5 Å². The zero-order valence-electron chi connectivity index (χ0n) is 11.3. The molecule has 96 valence electrons. The molecule has 1 aromatic rings. The topological polar surface area (TPSA) is 55.5 Å². The molecule has 1 rings (SSSR count). The van der Waals surface area contributed by atoms with Crippen molar-refractivity contribution in [3.8, 4) is 5.75 Å². The van der Waals surface area contributed by atoms with Crippen molar-refractivity contribution in [2.75, 3.05) is 7.11 Å². The number of methoxy groups -OCH3 is 1. The van der Waals surface area contributed by atoms with E-state index in [9.17, 15) is 5.11 Å². The normalized spacial score (nSPS) is 13.9. The van der Waals surface area contributed by atoms with E-state index in [1.807, 2.05) is 18.2 Å². The van der Waals surface area contributed by atoms with Crippen molar-refractivity contribution in [1.29, 1.82) is 0 Å². The second-order valence-corrected chi connectivity index (χ2v) is 5.38. The van der Waals surface area contributed by atoms with Crippen LogP contribution in [0, 0.1) is 0 Å². The molecule has 0 saturated carbocycles. The van der Waals surface area contributed by atoms with Crippen molar-refractivity contribution in [2.45, 2.75) is 45.3 Å². The largest absolute Gasteiger partial charge is 0.496 e. The number of aliphatic hydroxyl groups is 1. The molecule has 0 aliphatic carbocycles. The van der Waals surface area contributed by atoms with E-state index in [-0.39, 0.29) is 0 Å². The Kier molecular flexibility index (Phi) is 4.17. The zero-order valence-corrected chi connectivity index (χ0v) is 11.3. The summed E-state index contributed by atoms with van der Waals surface area (Å²) in [7, 11) is 1.60. The van der Waals surface area contributed by atoms with Crippen LogP contribution in [0.15, 0.2) is 18.2 Å². The fraction of sp³-hybridized carbons (Fsp3) is 0.571. The van der Waals surface area contributed by atoms with E-state index >= 15 is 0 Å². The summed E-state index contributed by atoms with van der Waals surface area (Å²) in [4.78, 5) is 0. The van der Waals surface area contributed by atoms with E-state index in [1.165, 1.54) is 5.56 Å². The Balaban J connectivity index is 3.23. The Labute approximate surface area is 104 Å². The summed E-state index contributed by atoms with van der Waals surface area (Å²) in [6.45, 7) is 7.84. The average molecular weight is 237 g/mol. The van der Waals surface area contributed by atoms with Crippen molar-refractivity contribution in [1.82, 2.24) is 0 Å². The molecule has 3 heteroatoms. The summed E-state index contributed by atoms with van der Waals surface area (Å²) in [6, 6.07) is 5.88. The van der Waals surface area contributed by atoms with Gasteiger partial charge in [0.2, 0.25) is 0 Å². The molecule has 17 heavy (non-hydrogen) atoms. The van der Waals surface area contributed by atoms with Crippen molar-refractivity contribution in [3.05, 3.63) is 29.3 Å². The lowest BCUT2D eigenvalue weighted by Crippen LogP contribution is -2.39. The van der Waals surface area contributed by atoms with E-state index in [0.29, 0.717) is 11.7 Å². The molecule has 3 nitrogen and oxygen atoms in total. The highest BCUT2D eigenvalue weighted by molar-refractivity contribution is 5.41. The lowest BCUT2D eigenvalue weighted by Gasteiger charge is -2.28. The van der Waals surface area contributed by atoms with Crippen LogP contribution in [0.2, 0.25) is 0 Å². The third-order valence-electron chi connectivity index (χ3n) is 2.92. The summed E-state index contributed by atoms with van der Waals surface area (Å²) < 4.78 is 5.28. The second-order valence-electron chi connectivity index (χ2n) is 5.38. The highest BCUT2D eigenvalue weighted by Crippen LogP contribution is 2.33. The Morgan fingerprint density at radius 1 is 1.29 bits per heavy atom. The van der Waals surface area contributed by atoms with Crippen LogP contribution in [0.25, 0.3) is 0 Å². The molecule has 0 radical (unpaired) electrons. The molecule has 0 aliphatic rings. The molecular weight excluding hydrogens is 214 g/mol. The number of hydrogen-bond donors (Lipinski definition) is 2. The van der Waals surface area contributed by atoms with Gasteiger partial charge in [-0.05, 0) is 37.5 Å². The average Bonchev–Trinajstić information content (AvgIpc) is 2.25. The van der Waals surface area contributed by atoms with E-state index in [1.54, 1.807) is 21.0 Å². The fourth-order valence-corrected chi connectivity index (χ4v) is 1.73.